The number of hydrogen-bond donors (Lipinski definition) is 2. The normalized spacial score (nSPS) is 11.3. The maximum absolute atomic E-state index is 13.1. The molecule has 0 heterocycles. The van der Waals surface area contributed by atoms with Crippen LogP contribution in [-0.2, 0) is 0 Å². The topological polar surface area (TPSA) is 61.8 Å². The second-order valence-corrected chi connectivity index (χ2v) is 4.23. The molecule has 0 atom stereocenters. The van der Waals surface area contributed by atoms with E-state index in [-0.39, 0.29) is 0 Å². The Balaban J connectivity index is 2.38. The number of nitrogens with two attached hydrogens (primary N) is 1. The number of halogens is 2. The van der Waals surface area contributed by atoms with Crippen LogP contribution in [0.25, 0.3) is 10.8 Å². The number of hydrogen-bond acceptors (Lipinski definition) is 3. The number of nitrogens with zero attached hydrogens (tertiary/aromatic N) is 1. The van der Waals surface area contributed by atoms with Crippen LogP contribution in [0.4, 0.5) is 14.5 Å². The summed E-state index contributed by atoms with van der Waals surface area (Å²) in [6.07, 6.45) is 0. The minimum absolute atomic E-state index is 0.520. The number of fused-ring (bicyclic) bond motifs is 1. The van der Waals surface area contributed by atoms with Gasteiger partial charge in [-0.2, -0.15) is 5.26 Å². The predicted molar refractivity (Wildman–Crippen MR) is 71.2 cm³/mol. The second-order valence-electron chi connectivity index (χ2n) is 4.23. The smallest absolute Gasteiger partial charge is 0.276 e. The van der Waals surface area contributed by atoms with E-state index in [2.05, 4.69) is 11.4 Å². The second kappa shape index (κ2) is 5.21. The summed E-state index contributed by atoms with van der Waals surface area (Å²) in [5, 5.41) is 13.2. The first-order valence-corrected chi connectivity index (χ1v) is 5.81. The third kappa shape index (κ3) is 2.80. The van der Waals surface area contributed by atoms with Crippen molar-refractivity contribution in [2.24, 2.45) is 5.73 Å². The molecule has 2 rings (SSSR count). The van der Waals surface area contributed by atoms with Crippen LogP contribution >= 0.6 is 0 Å². The van der Waals surface area contributed by atoms with E-state index in [0.29, 0.717) is 11.3 Å². The summed E-state index contributed by atoms with van der Waals surface area (Å²) in [6, 6.07) is 12.5. The van der Waals surface area contributed by atoms with Crippen LogP contribution in [0.3, 0.4) is 0 Å². The predicted octanol–water partition coefficient (Wildman–Crippen LogP) is 2.72. The number of nitriles is 1. The summed E-state index contributed by atoms with van der Waals surface area (Å²) >= 11 is 0. The van der Waals surface area contributed by atoms with Gasteiger partial charge in [-0.3, -0.25) is 0 Å². The van der Waals surface area contributed by atoms with E-state index in [1.54, 1.807) is 36.4 Å². The molecular formula is C14H13F2N3. The van der Waals surface area contributed by atoms with Crippen molar-refractivity contribution in [3.63, 3.8) is 0 Å². The molecule has 0 radical (unpaired) electrons. The highest BCUT2D eigenvalue weighted by atomic mass is 19.3. The number of benzene rings is 2. The number of nitrogens with one attached hydrogen (secondary N) is 1. The Labute approximate surface area is 109 Å². The SMILES string of the molecule is N#Cc1ccc(NCC(F)(F)CN)c2ccccc12. The lowest BCUT2D eigenvalue weighted by Gasteiger charge is -2.17. The lowest BCUT2D eigenvalue weighted by Crippen LogP contribution is -2.35. The Morgan fingerprint density at radius 2 is 1.84 bits per heavy atom. The maximum atomic E-state index is 13.1. The molecule has 2 aromatic carbocycles. The first-order chi connectivity index (χ1) is 9.07. The van der Waals surface area contributed by atoms with Gasteiger partial charge >= 0.3 is 0 Å². The Bertz CT molecular complexity index is 632. The zero-order valence-electron chi connectivity index (χ0n) is 10.2. The van der Waals surface area contributed by atoms with Crippen molar-refractivity contribution in [1.29, 1.82) is 5.26 Å². The van der Waals surface area contributed by atoms with Crippen molar-refractivity contribution >= 4 is 16.5 Å². The number of anilines is 1. The van der Waals surface area contributed by atoms with E-state index in [0.717, 1.165) is 10.8 Å². The Morgan fingerprint density at radius 3 is 2.47 bits per heavy atom. The maximum Gasteiger partial charge on any atom is 0.276 e. The van der Waals surface area contributed by atoms with Gasteiger partial charge in [-0.1, -0.05) is 24.3 Å². The molecule has 5 heteroatoms. The van der Waals surface area contributed by atoms with Crippen LogP contribution in [0.15, 0.2) is 36.4 Å². The lowest BCUT2D eigenvalue weighted by molar-refractivity contribution is 0.0254. The first-order valence-electron chi connectivity index (χ1n) is 5.81. The zero-order valence-corrected chi connectivity index (χ0v) is 10.2. The third-order valence-electron chi connectivity index (χ3n) is 2.88. The highest BCUT2D eigenvalue weighted by Crippen LogP contribution is 2.27. The minimum atomic E-state index is -2.95. The zero-order chi connectivity index (χ0) is 13.9. The van der Waals surface area contributed by atoms with E-state index in [1.807, 2.05) is 0 Å². The van der Waals surface area contributed by atoms with Crippen LogP contribution < -0.4 is 11.1 Å². The molecule has 2 aromatic rings. The molecule has 0 aromatic heterocycles. The van der Waals surface area contributed by atoms with Gasteiger partial charge < -0.3 is 11.1 Å². The third-order valence-corrected chi connectivity index (χ3v) is 2.88. The molecule has 0 bridgehead atoms. The quantitative estimate of drug-likeness (QED) is 0.889. The highest BCUT2D eigenvalue weighted by molar-refractivity contribution is 5.97. The molecule has 98 valence electrons. The number of rotatable bonds is 4. The van der Waals surface area contributed by atoms with Crippen LogP contribution in [0, 0.1) is 11.3 Å². The van der Waals surface area contributed by atoms with Crippen molar-refractivity contribution < 1.29 is 8.78 Å². The van der Waals surface area contributed by atoms with Gasteiger partial charge in [0.1, 0.15) is 0 Å². The van der Waals surface area contributed by atoms with Crippen molar-refractivity contribution in [2.75, 3.05) is 18.4 Å². The fraction of sp³-hybridized carbons (Fsp3) is 0.214. The fourth-order valence-electron chi connectivity index (χ4n) is 1.85. The standard InChI is InChI=1S/C14H13F2N3/c15-14(16,8-18)9-19-13-6-5-10(7-17)11-3-1-2-4-12(11)13/h1-6,19H,8-9,18H2. The van der Waals surface area contributed by atoms with Gasteiger partial charge in [-0.05, 0) is 12.1 Å². The van der Waals surface area contributed by atoms with Crippen molar-refractivity contribution in [3.8, 4) is 6.07 Å². The van der Waals surface area contributed by atoms with Gasteiger partial charge in [-0.25, -0.2) is 8.78 Å². The number of alkyl halides is 2. The molecule has 0 spiro atoms. The summed E-state index contributed by atoms with van der Waals surface area (Å²) in [4.78, 5) is 0. The van der Waals surface area contributed by atoms with E-state index in [4.69, 9.17) is 11.0 Å². The van der Waals surface area contributed by atoms with Gasteiger partial charge in [0.15, 0.2) is 0 Å². The summed E-state index contributed by atoms with van der Waals surface area (Å²) in [5.74, 6) is -2.95. The largest absolute Gasteiger partial charge is 0.378 e. The molecule has 3 nitrogen and oxygen atoms in total. The van der Waals surface area contributed by atoms with Crippen LogP contribution in [0.5, 0.6) is 0 Å². The van der Waals surface area contributed by atoms with E-state index in [9.17, 15) is 8.78 Å². The van der Waals surface area contributed by atoms with Gasteiger partial charge in [0.2, 0.25) is 0 Å². The molecule has 0 aliphatic heterocycles. The van der Waals surface area contributed by atoms with Gasteiger partial charge in [0.05, 0.1) is 24.7 Å². The molecule has 19 heavy (non-hydrogen) atoms. The Kier molecular flexibility index (Phi) is 3.63. The van der Waals surface area contributed by atoms with Crippen molar-refractivity contribution in [3.05, 3.63) is 42.0 Å². The van der Waals surface area contributed by atoms with Gasteiger partial charge in [-0.15, -0.1) is 0 Å². The van der Waals surface area contributed by atoms with E-state index >= 15 is 0 Å². The highest BCUT2D eigenvalue weighted by Gasteiger charge is 2.26. The first kappa shape index (κ1) is 13.2. The molecule has 0 amide bonds. The molecule has 0 aliphatic carbocycles. The average Bonchev–Trinajstić information content (AvgIpc) is 2.44. The molecule has 0 saturated carbocycles. The molecule has 0 unspecified atom stereocenters. The summed E-state index contributed by atoms with van der Waals surface area (Å²) in [6.45, 7) is -1.23. The van der Waals surface area contributed by atoms with Gasteiger partial charge in [0.25, 0.3) is 5.92 Å². The van der Waals surface area contributed by atoms with Crippen LogP contribution in [0.2, 0.25) is 0 Å². The summed E-state index contributed by atoms with van der Waals surface area (Å²) in [7, 11) is 0. The van der Waals surface area contributed by atoms with Crippen LogP contribution in [0.1, 0.15) is 5.56 Å². The molecule has 0 fully saturated rings. The van der Waals surface area contributed by atoms with Crippen molar-refractivity contribution in [2.45, 2.75) is 5.92 Å². The molecule has 0 saturated heterocycles. The average molecular weight is 261 g/mol. The summed E-state index contributed by atoms with van der Waals surface area (Å²) < 4.78 is 26.3. The summed E-state index contributed by atoms with van der Waals surface area (Å²) in [5.41, 5.74) is 6.09. The van der Waals surface area contributed by atoms with E-state index in [1.165, 1.54) is 0 Å². The van der Waals surface area contributed by atoms with Gasteiger partial charge in [0, 0.05) is 16.5 Å². The monoisotopic (exact) mass is 261 g/mol. The Morgan fingerprint density at radius 1 is 1.16 bits per heavy atom. The minimum Gasteiger partial charge on any atom is -0.378 e. The fourth-order valence-corrected chi connectivity index (χ4v) is 1.85. The Hall–Kier alpha value is -2.19. The molecular weight excluding hydrogens is 248 g/mol. The molecule has 3 N–H and O–H groups in total. The van der Waals surface area contributed by atoms with Crippen LogP contribution in [-0.4, -0.2) is 19.0 Å². The molecule has 0 aliphatic rings. The van der Waals surface area contributed by atoms with Crippen molar-refractivity contribution in [1.82, 2.24) is 0 Å². The van der Waals surface area contributed by atoms with E-state index < -0.39 is 19.0 Å². The lowest BCUT2D eigenvalue weighted by atomic mass is 10.0.